The molecule has 1 amide bonds. The van der Waals surface area contributed by atoms with E-state index >= 15 is 0 Å². The summed E-state index contributed by atoms with van der Waals surface area (Å²) >= 11 is 1.42. The second-order valence-electron chi connectivity index (χ2n) is 5.27. The van der Waals surface area contributed by atoms with Gasteiger partial charge in [0.25, 0.3) is 5.91 Å². The number of carboxylic acids is 1. The zero-order valence-corrected chi connectivity index (χ0v) is 12.0. The molecule has 1 aliphatic carbocycles. The minimum absolute atomic E-state index is 0.114. The fourth-order valence-corrected chi connectivity index (χ4v) is 3.22. The van der Waals surface area contributed by atoms with Gasteiger partial charge in [0.1, 0.15) is 5.69 Å². The summed E-state index contributed by atoms with van der Waals surface area (Å²) in [4.78, 5) is 27.1. The molecular weight excluding hydrogens is 278 g/mol. The van der Waals surface area contributed by atoms with E-state index in [-0.39, 0.29) is 17.7 Å². The molecule has 1 fully saturated rings. The van der Waals surface area contributed by atoms with Crippen molar-refractivity contribution in [3.63, 3.8) is 0 Å². The molecule has 7 heteroatoms. The third-order valence-corrected chi connectivity index (χ3v) is 4.62. The molecule has 0 atom stereocenters. The van der Waals surface area contributed by atoms with Gasteiger partial charge in [-0.05, 0) is 24.8 Å². The first-order valence-corrected chi connectivity index (χ1v) is 7.57. The number of aromatic nitrogens is 1. The molecule has 1 aromatic heterocycles. The lowest BCUT2D eigenvalue weighted by Gasteiger charge is -2.40. The predicted molar refractivity (Wildman–Crippen MR) is 75.7 cm³/mol. The zero-order valence-electron chi connectivity index (χ0n) is 11.2. The number of thiazole rings is 1. The van der Waals surface area contributed by atoms with Gasteiger partial charge in [-0.2, -0.15) is 0 Å². The highest BCUT2D eigenvalue weighted by Gasteiger charge is 2.39. The van der Waals surface area contributed by atoms with Crippen molar-refractivity contribution in [2.45, 2.75) is 32.1 Å². The molecule has 0 bridgehead atoms. The number of aliphatic carboxylic acids is 1. The molecule has 2 rings (SSSR count). The van der Waals surface area contributed by atoms with Gasteiger partial charge < -0.3 is 16.2 Å². The number of carbonyl (C=O) groups excluding carboxylic acids is 1. The van der Waals surface area contributed by atoms with Crippen molar-refractivity contribution in [3.05, 3.63) is 16.1 Å². The minimum Gasteiger partial charge on any atom is -0.481 e. The SMILES string of the molecule is NCCc1nc(C(=O)NCC2(CC(=O)O)CCC2)cs1. The van der Waals surface area contributed by atoms with Gasteiger partial charge >= 0.3 is 5.97 Å². The van der Waals surface area contributed by atoms with Gasteiger partial charge in [0.2, 0.25) is 0 Å². The molecular formula is C13H19N3O3S. The van der Waals surface area contributed by atoms with Crippen LogP contribution in [0.4, 0.5) is 0 Å². The van der Waals surface area contributed by atoms with Crippen LogP contribution in [0.25, 0.3) is 0 Å². The molecule has 20 heavy (non-hydrogen) atoms. The van der Waals surface area contributed by atoms with Crippen LogP contribution >= 0.6 is 11.3 Å². The summed E-state index contributed by atoms with van der Waals surface area (Å²) in [5.74, 6) is -1.04. The summed E-state index contributed by atoms with van der Waals surface area (Å²) in [6.45, 7) is 0.915. The van der Waals surface area contributed by atoms with Crippen LogP contribution in [-0.2, 0) is 11.2 Å². The first-order chi connectivity index (χ1) is 9.54. The molecule has 6 nitrogen and oxygen atoms in total. The molecule has 1 saturated carbocycles. The normalized spacial score (nSPS) is 16.4. The number of hydrogen-bond acceptors (Lipinski definition) is 5. The molecule has 0 radical (unpaired) electrons. The number of amides is 1. The fraction of sp³-hybridized carbons (Fsp3) is 0.615. The smallest absolute Gasteiger partial charge is 0.303 e. The molecule has 0 aliphatic heterocycles. The summed E-state index contributed by atoms with van der Waals surface area (Å²) in [6.07, 6.45) is 3.52. The quantitative estimate of drug-likeness (QED) is 0.697. The van der Waals surface area contributed by atoms with E-state index < -0.39 is 5.97 Å². The highest BCUT2D eigenvalue weighted by Crippen LogP contribution is 2.43. The topological polar surface area (TPSA) is 105 Å². The van der Waals surface area contributed by atoms with Gasteiger partial charge in [0, 0.05) is 18.3 Å². The Morgan fingerprint density at radius 3 is 2.80 bits per heavy atom. The Morgan fingerprint density at radius 1 is 1.50 bits per heavy atom. The summed E-state index contributed by atoms with van der Waals surface area (Å²) in [5.41, 5.74) is 5.57. The van der Waals surface area contributed by atoms with Crippen molar-refractivity contribution in [1.29, 1.82) is 0 Å². The standard InChI is InChI=1S/C13H19N3O3S/c14-5-2-10-16-9(7-20-10)12(19)15-8-13(3-1-4-13)6-11(17)18/h7H,1-6,8,14H2,(H,15,19)(H,17,18). The van der Waals surface area contributed by atoms with Crippen molar-refractivity contribution in [1.82, 2.24) is 10.3 Å². The van der Waals surface area contributed by atoms with Gasteiger partial charge in [-0.1, -0.05) is 6.42 Å². The first kappa shape index (κ1) is 14.9. The second-order valence-corrected chi connectivity index (χ2v) is 6.21. The summed E-state index contributed by atoms with van der Waals surface area (Å²) in [5, 5.41) is 14.3. The van der Waals surface area contributed by atoms with Gasteiger partial charge in [-0.25, -0.2) is 4.98 Å². The van der Waals surface area contributed by atoms with E-state index in [9.17, 15) is 9.59 Å². The van der Waals surface area contributed by atoms with Crippen LogP contribution in [0.5, 0.6) is 0 Å². The predicted octanol–water partition coefficient (Wildman–Crippen LogP) is 1.02. The second kappa shape index (κ2) is 6.32. The van der Waals surface area contributed by atoms with E-state index in [2.05, 4.69) is 10.3 Å². The molecule has 1 heterocycles. The fourth-order valence-electron chi connectivity index (χ4n) is 2.43. The van der Waals surface area contributed by atoms with E-state index in [1.807, 2.05) is 0 Å². The maximum Gasteiger partial charge on any atom is 0.303 e. The molecule has 1 aliphatic rings. The van der Waals surface area contributed by atoms with Crippen molar-refractivity contribution >= 4 is 23.2 Å². The van der Waals surface area contributed by atoms with Crippen molar-refractivity contribution in [2.75, 3.05) is 13.1 Å². The Balaban J connectivity index is 1.89. The van der Waals surface area contributed by atoms with Crippen molar-refractivity contribution in [3.8, 4) is 0 Å². The Morgan fingerprint density at radius 2 is 2.25 bits per heavy atom. The first-order valence-electron chi connectivity index (χ1n) is 6.69. The van der Waals surface area contributed by atoms with E-state index in [1.165, 1.54) is 11.3 Å². The lowest BCUT2D eigenvalue weighted by molar-refractivity contribution is -0.141. The Labute approximate surface area is 121 Å². The monoisotopic (exact) mass is 297 g/mol. The summed E-state index contributed by atoms with van der Waals surface area (Å²) < 4.78 is 0. The number of rotatable bonds is 7. The molecule has 0 aromatic carbocycles. The number of nitrogens with zero attached hydrogens (tertiary/aromatic N) is 1. The van der Waals surface area contributed by atoms with Crippen LogP contribution in [-0.4, -0.2) is 35.1 Å². The summed E-state index contributed by atoms with van der Waals surface area (Å²) in [7, 11) is 0. The number of nitrogens with two attached hydrogens (primary N) is 1. The van der Waals surface area contributed by atoms with Crippen LogP contribution in [0.1, 0.15) is 41.2 Å². The number of hydrogen-bond donors (Lipinski definition) is 3. The maximum atomic E-state index is 12.0. The number of carbonyl (C=O) groups is 2. The lowest BCUT2D eigenvalue weighted by Crippen LogP contribution is -2.43. The van der Waals surface area contributed by atoms with Gasteiger partial charge in [-0.15, -0.1) is 11.3 Å². The van der Waals surface area contributed by atoms with Crippen molar-refractivity contribution < 1.29 is 14.7 Å². The Bertz CT molecular complexity index is 497. The average molecular weight is 297 g/mol. The minimum atomic E-state index is -0.808. The van der Waals surface area contributed by atoms with Crippen LogP contribution in [0.3, 0.4) is 0 Å². The molecule has 0 spiro atoms. The Hall–Kier alpha value is -1.47. The van der Waals surface area contributed by atoms with Crippen molar-refractivity contribution in [2.24, 2.45) is 11.1 Å². The van der Waals surface area contributed by atoms with Gasteiger partial charge in [0.15, 0.2) is 0 Å². The largest absolute Gasteiger partial charge is 0.481 e. The van der Waals surface area contributed by atoms with Gasteiger partial charge in [0.05, 0.1) is 11.4 Å². The van der Waals surface area contributed by atoms with E-state index in [4.69, 9.17) is 10.8 Å². The Kier molecular flexibility index (Phi) is 4.72. The van der Waals surface area contributed by atoms with Crippen LogP contribution < -0.4 is 11.1 Å². The summed E-state index contributed by atoms with van der Waals surface area (Å²) in [6, 6.07) is 0. The molecule has 4 N–H and O–H groups in total. The number of carboxylic acid groups (broad SMARTS) is 1. The molecule has 0 unspecified atom stereocenters. The van der Waals surface area contributed by atoms with Crippen LogP contribution in [0, 0.1) is 5.41 Å². The van der Waals surface area contributed by atoms with E-state index in [0.29, 0.717) is 25.2 Å². The molecule has 0 saturated heterocycles. The van der Waals surface area contributed by atoms with E-state index in [1.54, 1.807) is 5.38 Å². The molecule has 110 valence electrons. The molecule has 1 aromatic rings. The van der Waals surface area contributed by atoms with Gasteiger partial charge in [-0.3, -0.25) is 9.59 Å². The third-order valence-electron chi connectivity index (χ3n) is 3.71. The highest BCUT2D eigenvalue weighted by molar-refractivity contribution is 7.09. The lowest BCUT2D eigenvalue weighted by atomic mass is 9.66. The average Bonchev–Trinajstić information content (AvgIpc) is 2.81. The van der Waals surface area contributed by atoms with E-state index in [0.717, 1.165) is 24.3 Å². The zero-order chi connectivity index (χ0) is 14.6. The third kappa shape index (κ3) is 3.55. The maximum absolute atomic E-state index is 12.0. The highest BCUT2D eigenvalue weighted by atomic mass is 32.1. The van der Waals surface area contributed by atoms with Crippen LogP contribution in [0.15, 0.2) is 5.38 Å². The number of nitrogens with one attached hydrogen (secondary N) is 1. The van der Waals surface area contributed by atoms with Crippen LogP contribution in [0.2, 0.25) is 0 Å².